The van der Waals surface area contributed by atoms with Gasteiger partial charge in [-0.25, -0.2) is 8.78 Å². The van der Waals surface area contributed by atoms with Gasteiger partial charge in [0.05, 0.1) is 6.61 Å². The number of benzene rings is 2. The highest BCUT2D eigenvalue weighted by atomic mass is 35.5. The molecule has 3 rings (SSSR count). The van der Waals surface area contributed by atoms with Crippen molar-refractivity contribution in [1.82, 2.24) is 0 Å². The highest BCUT2D eigenvalue weighted by molar-refractivity contribution is 6.31. The Labute approximate surface area is 165 Å². The lowest BCUT2D eigenvalue weighted by Gasteiger charge is -2.40. The third-order valence-electron chi connectivity index (χ3n) is 5.03. The fraction of sp³-hybridized carbons (Fsp3) is 0.400. The Hall–Kier alpha value is -1.61. The van der Waals surface area contributed by atoms with E-state index >= 15 is 0 Å². The molecule has 5 nitrogen and oxygen atoms in total. The quantitative estimate of drug-likeness (QED) is 0.614. The Kier molecular flexibility index (Phi) is 6.34. The van der Waals surface area contributed by atoms with E-state index in [1.54, 1.807) is 18.2 Å². The number of hydrogen-bond donors (Lipinski definition) is 4. The van der Waals surface area contributed by atoms with Crippen LogP contribution in [0.2, 0.25) is 5.02 Å². The van der Waals surface area contributed by atoms with Crippen molar-refractivity contribution < 1.29 is 33.9 Å². The highest BCUT2D eigenvalue weighted by Crippen LogP contribution is 2.34. The molecular weight excluding hydrogens is 394 g/mol. The number of rotatable bonds is 4. The molecule has 5 unspecified atom stereocenters. The Morgan fingerprint density at radius 1 is 1.00 bits per heavy atom. The number of aliphatic hydroxyl groups is 4. The molecule has 0 radical (unpaired) electrons. The van der Waals surface area contributed by atoms with Gasteiger partial charge in [0.25, 0.3) is 0 Å². The van der Waals surface area contributed by atoms with Crippen molar-refractivity contribution in [2.24, 2.45) is 0 Å². The SMILES string of the molecule is Cc1c(F)cc(Cc2cc(C3OC(CO)C(O)C(O)C3O)ccc2Cl)cc1F. The van der Waals surface area contributed by atoms with Crippen LogP contribution in [0.4, 0.5) is 8.78 Å². The Morgan fingerprint density at radius 3 is 2.25 bits per heavy atom. The molecular formula is C20H21ClF2O5. The summed E-state index contributed by atoms with van der Waals surface area (Å²) in [4.78, 5) is 0. The molecule has 2 aromatic carbocycles. The predicted molar refractivity (Wildman–Crippen MR) is 98.1 cm³/mol. The van der Waals surface area contributed by atoms with Crippen LogP contribution in [0.15, 0.2) is 30.3 Å². The Bertz CT molecular complexity index is 837. The van der Waals surface area contributed by atoms with E-state index < -0.39 is 48.8 Å². The third-order valence-corrected chi connectivity index (χ3v) is 5.39. The minimum atomic E-state index is -1.50. The molecule has 0 aromatic heterocycles. The van der Waals surface area contributed by atoms with Crippen LogP contribution in [-0.4, -0.2) is 51.4 Å². The largest absolute Gasteiger partial charge is 0.394 e. The number of ether oxygens (including phenoxy) is 1. The zero-order valence-electron chi connectivity index (χ0n) is 15.0. The van der Waals surface area contributed by atoms with E-state index in [0.29, 0.717) is 21.7 Å². The van der Waals surface area contributed by atoms with Crippen LogP contribution in [-0.2, 0) is 11.2 Å². The Balaban J connectivity index is 1.91. The van der Waals surface area contributed by atoms with Gasteiger partial charge in [-0.15, -0.1) is 0 Å². The highest BCUT2D eigenvalue weighted by Gasteiger charge is 2.44. The first-order chi connectivity index (χ1) is 13.2. The predicted octanol–water partition coefficient (Wildman–Crippen LogP) is 2.03. The molecule has 0 spiro atoms. The van der Waals surface area contributed by atoms with Gasteiger partial charge in [0, 0.05) is 10.6 Å². The smallest absolute Gasteiger partial charge is 0.129 e. The van der Waals surface area contributed by atoms with Gasteiger partial charge in [-0.1, -0.05) is 23.7 Å². The van der Waals surface area contributed by atoms with Gasteiger partial charge >= 0.3 is 0 Å². The van der Waals surface area contributed by atoms with Crippen molar-refractivity contribution in [1.29, 1.82) is 0 Å². The minimum absolute atomic E-state index is 0.0649. The zero-order chi connectivity index (χ0) is 20.6. The zero-order valence-corrected chi connectivity index (χ0v) is 15.8. The molecule has 1 aliphatic rings. The van der Waals surface area contributed by atoms with Crippen molar-refractivity contribution in [2.75, 3.05) is 6.61 Å². The summed E-state index contributed by atoms with van der Waals surface area (Å²) in [5, 5.41) is 39.8. The number of halogens is 3. The molecule has 1 heterocycles. The van der Waals surface area contributed by atoms with Crippen LogP contribution in [0.5, 0.6) is 0 Å². The fourth-order valence-electron chi connectivity index (χ4n) is 3.30. The summed E-state index contributed by atoms with van der Waals surface area (Å²) in [6.07, 6.45) is -6.31. The first kappa shape index (κ1) is 21.1. The van der Waals surface area contributed by atoms with E-state index in [-0.39, 0.29) is 12.0 Å². The molecule has 0 amide bonds. The van der Waals surface area contributed by atoms with Crippen LogP contribution >= 0.6 is 11.6 Å². The second-order valence-electron chi connectivity index (χ2n) is 6.96. The van der Waals surface area contributed by atoms with Crippen molar-refractivity contribution in [2.45, 2.75) is 43.9 Å². The van der Waals surface area contributed by atoms with E-state index in [1.165, 1.54) is 19.1 Å². The summed E-state index contributed by atoms with van der Waals surface area (Å²) in [6.45, 7) is 0.810. The van der Waals surface area contributed by atoms with Crippen molar-refractivity contribution in [3.63, 3.8) is 0 Å². The molecule has 2 aromatic rings. The van der Waals surface area contributed by atoms with Crippen LogP contribution in [0, 0.1) is 18.6 Å². The molecule has 1 aliphatic heterocycles. The normalized spacial score (nSPS) is 27.8. The van der Waals surface area contributed by atoms with Crippen molar-refractivity contribution in [3.8, 4) is 0 Å². The maximum Gasteiger partial charge on any atom is 0.129 e. The Morgan fingerprint density at radius 2 is 1.64 bits per heavy atom. The minimum Gasteiger partial charge on any atom is -0.394 e. The van der Waals surface area contributed by atoms with Crippen LogP contribution in [0.25, 0.3) is 0 Å². The molecule has 4 N–H and O–H groups in total. The lowest BCUT2D eigenvalue weighted by Crippen LogP contribution is -2.55. The first-order valence-corrected chi connectivity index (χ1v) is 9.14. The van der Waals surface area contributed by atoms with Crippen molar-refractivity contribution in [3.05, 3.63) is 69.2 Å². The average Bonchev–Trinajstić information content (AvgIpc) is 2.66. The topological polar surface area (TPSA) is 90.2 Å². The average molecular weight is 415 g/mol. The van der Waals surface area contributed by atoms with E-state index in [2.05, 4.69) is 0 Å². The van der Waals surface area contributed by atoms with Crippen molar-refractivity contribution >= 4 is 11.6 Å². The summed E-state index contributed by atoms with van der Waals surface area (Å²) < 4.78 is 33.2. The number of aliphatic hydroxyl groups excluding tert-OH is 4. The third kappa shape index (κ3) is 4.05. The van der Waals surface area contributed by atoms with Crippen LogP contribution in [0.1, 0.15) is 28.4 Å². The molecule has 1 fully saturated rings. The van der Waals surface area contributed by atoms with E-state index in [0.717, 1.165) is 0 Å². The van der Waals surface area contributed by atoms with Gasteiger partial charge in [-0.3, -0.25) is 0 Å². The molecule has 1 saturated heterocycles. The second-order valence-corrected chi connectivity index (χ2v) is 7.37. The second kappa shape index (κ2) is 8.41. The van der Waals surface area contributed by atoms with Gasteiger partial charge in [0.15, 0.2) is 0 Å². The number of hydrogen-bond acceptors (Lipinski definition) is 5. The van der Waals surface area contributed by atoms with Gasteiger partial charge in [0.1, 0.15) is 42.2 Å². The van der Waals surface area contributed by atoms with Gasteiger partial charge in [0.2, 0.25) is 0 Å². The molecule has 0 aliphatic carbocycles. The fourth-order valence-corrected chi connectivity index (χ4v) is 3.49. The lowest BCUT2D eigenvalue weighted by atomic mass is 9.90. The van der Waals surface area contributed by atoms with Gasteiger partial charge in [-0.05, 0) is 48.2 Å². The molecule has 152 valence electrons. The standard InChI is InChI=1S/C20H21ClF2O5/c1-9-14(22)5-10(6-15(9)23)4-12-7-11(2-3-13(12)21)20-19(27)18(26)17(25)16(8-24)28-20/h2-3,5-7,16-20,24-27H,4,8H2,1H3. The summed E-state index contributed by atoms with van der Waals surface area (Å²) in [5.74, 6) is -1.31. The molecule has 0 bridgehead atoms. The molecule has 0 saturated carbocycles. The van der Waals surface area contributed by atoms with E-state index in [9.17, 15) is 29.2 Å². The van der Waals surface area contributed by atoms with Gasteiger partial charge in [-0.2, -0.15) is 0 Å². The van der Waals surface area contributed by atoms with E-state index in [1.807, 2.05) is 0 Å². The monoisotopic (exact) mass is 414 g/mol. The van der Waals surface area contributed by atoms with Crippen LogP contribution in [0.3, 0.4) is 0 Å². The summed E-state index contributed by atoms with van der Waals surface area (Å²) >= 11 is 6.22. The summed E-state index contributed by atoms with van der Waals surface area (Å²) in [6, 6.07) is 7.19. The van der Waals surface area contributed by atoms with E-state index in [4.69, 9.17) is 16.3 Å². The molecule has 5 atom stereocenters. The van der Waals surface area contributed by atoms with Gasteiger partial charge < -0.3 is 25.2 Å². The summed E-state index contributed by atoms with van der Waals surface area (Å²) in [5.41, 5.74) is 1.31. The molecule has 28 heavy (non-hydrogen) atoms. The maximum atomic E-state index is 13.8. The first-order valence-electron chi connectivity index (χ1n) is 8.76. The molecule has 8 heteroatoms. The van der Waals surface area contributed by atoms with Crippen LogP contribution < -0.4 is 0 Å². The maximum absolute atomic E-state index is 13.8. The summed E-state index contributed by atoms with van der Waals surface area (Å²) in [7, 11) is 0. The lowest BCUT2D eigenvalue weighted by molar-refractivity contribution is -0.231.